The molecule has 1 fully saturated rings. The number of carbonyl (C=O) groups excluding carboxylic acids is 1. The van der Waals surface area contributed by atoms with E-state index in [2.05, 4.69) is 18.7 Å². The summed E-state index contributed by atoms with van der Waals surface area (Å²) in [4.78, 5) is 14.0. The lowest BCUT2D eigenvalue weighted by atomic mass is 9.81. The van der Waals surface area contributed by atoms with Crippen molar-refractivity contribution in [3.05, 3.63) is 0 Å². The lowest BCUT2D eigenvalue weighted by molar-refractivity contribution is -0.118. The fourth-order valence-electron chi connectivity index (χ4n) is 2.88. The predicted molar refractivity (Wildman–Crippen MR) is 74.8 cm³/mol. The average molecular weight is 255 g/mol. The molecule has 0 unspecified atom stereocenters. The van der Waals surface area contributed by atoms with E-state index in [1.807, 2.05) is 0 Å². The summed E-state index contributed by atoms with van der Waals surface area (Å²) in [5.74, 6) is 0. The molecule has 0 saturated heterocycles. The minimum atomic E-state index is -0.103. The first-order valence-electron chi connectivity index (χ1n) is 7.33. The smallest absolute Gasteiger partial charge is 0.127 e. The van der Waals surface area contributed by atoms with Crippen molar-refractivity contribution in [3.63, 3.8) is 0 Å². The van der Waals surface area contributed by atoms with Crippen molar-refractivity contribution in [2.24, 2.45) is 5.41 Å². The highest BCUT2D eigenvalue weighted by Gasteiger charge is 2.33. The van der Waals surface area contributed by atoms with Gasteiger partial charge in [0.1, 0.15) is 6.29 Å². The summed E-state index contributed by atoms with van der Waals surface area (Å²) in [6.45, 7) is 6.96. The third kappa shape index (κ3) is 4.69. The van der Waals surface area contributed by atoms with Gasteiger partial charge in [-0.3, -0.25) is 4.90 Å². The van der Waals surface area contributed by atoms with Gasteiger partial charge in [0.15, 0.2) is 0 Å². The van der Waals surface area contributed by atoms with Crippen molar-refractivity contribution in [1.29, 1.82) is 0 Å². The summed E-state index contributed by atoms with van der Waals surface area (Å²) in [6, 6.07) is 0.472. The molecule has 0 N–H and O–H groups in total. The maximum atomic E-state index is 11.6. The second-order valence-corrected chi connectivity index (χ2v) is 5.95. The molecule has 0 bridgehead atoms. The van der Waals surface area contributed by atoms with E-state index in [0.29, 0.717) is 6.04 Å². The number of nitrogens with zero attached hydrogens (tertiary/aromatic N) is 1. The molecule has 1 aliphatic carbocycles. The van der Waals surface area contributed by atoms with Gasteiger partial charge in [-0.05, 0) is 26.7 Å². The molecule has 0 aromatic rings. The predicted octanol–water partition coefficient (Wildman–Crippen LogP) is 2.88. The quantitative estimate of drug-likeness (QED) is 0.517. The summed E-state index contributed by atoms with van der Waals surface area (Å²) < 4.78 is 5.17. The van der Waals surface area contributed by atoms with Crippen LogP contribution in [0.25, 0.3) is 0 Å². The normalized spacial score (nSPS) is 20.1. The zero-order chi connectivity index (χ0) is 13.4. The van der Waals surface area contributed by atoms with Gasteiger partial charge >= 0.3 is 0 Å². The summed E-state index contributed by atoms with van der Waals surface area (Å²) in [7, 11) is 1.74. The van der Waals surface area contributed by atoms with Gasteiger partial charge in [-0.15, -0.1) is 0 Å². The van der Waals surface area contributed by atoms with Crippen LogP contribution in [0.1, 0.15) is 52.4 Å². The Morgan fingerprint density at radius 2 is 1.83 bits per heavy atom. The Kier molecular flexibility index (Phi) is 6.87. The minimum Gasteiger partial charge on any atom is -0.383 e. The molecule has 3 nitrogen and oxygen atoms in total. The van der Waals surface area contributed by atoms with Crippen LogP contribution in [-0.2, 0) is 9.53 Å². The van der Waals surface area contributed by atoms with Gasteiger partial charge in [-0.25, -0.2) is 0 Å². The minimum absolute atomic E-state index is 0.103. The Hall–Kier alpha value is -0.410. The number of methoxy groups -OCH3 is 1. The topological polar surface area (TPSA) is 29.5 Å². The Bertz CT molecular complexity index is 233. The van der Waals surface area contributed by atoms with Crippen molar-refractivity contribution < 1.29 is 9.53 Å². The van der Waals surface area contributed by atoms with Gasteiger partial charge in [0.25, 0.3) is 0 Å². The largest absolute Gasteiger partial charge is 0.383 e. The highest BCUT2D eigenvalue weighted by molar-refractivity contribution is 5.59. The third-order valence-electron chi connectivity index (χ3n) is 4.18. The van der Waals surface area contributed by atoms with Gasteiger partial charge in [-0.2, -0.15) is 0 Å². The summed E-state index contributed by atoms with van der Waals surface area (Å²) in [5, 5.41) is 0. The van der Waals surface area contributed by atoms with E-state index in [9.17, 15) is 4.79 Å². The molecule has 0 radical (unpaired) electrons. The fourth-order valence-corrected chi connectivity index (χ4v) is 2.88. The first-order chi connectivity index (χ1) is 8.63. The van der Waals surface area contributed by atoms with E-state index < -0.39 is 0 Å². The summed E-state index contributed by atoms with van der Waals surface area (Å²) in [5.41, 5.74) is -0.103. The van der Waals surface area contributed by atoms with E-state index in [1.54, 1.807) is 7.11 Å². The molecule has 0 heterocycles. The molecule has 106 valence electrons. The van der Waals surface area contributed by atoms with E-state index in [4.69, 9.17) is 4.74 Å². The first-order valence-corrected chi connectivity index (χ1v) is 7.33. The lowest BCUT2D eigenvalue weighted by Crippen LogP contribution is -2.43. The van der Waals surface area contributed by atoms with Gasteiger partial charge in [0.05, 0.1) is 6.61 Å². The number of hydrogen-bond acceptors (Lipinski definition) is 3. The highest BCUT2D eigenvalue weighted by Crippen LogP contribution is 2.34. The van der Waals surface area contributed by atoms with E-state index in [0.717, 1.165) is 32.5 Å². The fraction of sp³-hybridized carbons (Fsp3) is 0.933. The van der Waals surface area contributed by atoms with Crippen molar-refractivity contribution in [3.8, 4) is 0 Å². The Morgan fingerprint density at radius 3 is 2.28 bits per heavy atom. The zero-order valence-electron chi connectivity index (χ0n) is 12.3. The molecule has 1 aliphatic rings. The maximum Gasteiger partial charge on any atom is 0.127 e. The molecule has 0 aromatic heterocycles. The van der Waals surface area contributed by atoms with Crippen molar-refractivity contribution in [2.45, 2.75) is 58.4 Å². The summed E-state index contributed by atoms with van der Waals surface area (Å²) >= 11 is 0. The van der Waals surface area contributed by atoms with Crippen LogP contribution in [0.15, 0.2) is 0 Å². The number of rotatable bonds is 7. The van der Waals surface area contributed by atoms with Crippen LogP contribution in [-0.4, -0.2) is 44.0 Å². The van der Waals surface area contributed by atoms with Gasteiger partial charge in [0, 0.05) is 31.7 Å². The van der Waals surface area contributed by atoms with Gasteiger partial charge < -0.3 is 9.53 Å². The SMILES string of the molecule is COCCN(CC1(C=O)CCCCCC1)C(C)C. The average Bonchev–Trinajstić information content (AvgIpc) is 2.60. The van der Waals surface area contributed by atoms with Crippen LogP contribution in [0, 0.1) is 5.41 Å². The molecule has 18 heavy (non-hydrogen) atoms. The van der Waals surface area contributed by atoms with Crippen LogP contribution < -0.4 is 0 Å². The molecule has 0 amide bonds. The Balaban J connectivity index is 2.64. The number of aldehydes is 1. The molecule has 0 aliphatic heterocycles. The molecule has 3 heteroatoms. The molecule has 0 atom stereocenters. The maximum absolute atomic E-state index is 11.6. The van der Waals surface area contributed by atoms with Crippen LogP contribution >= 0.6 is 0 Å². The van der Waals surface area contributed by atoms with Gasteiger partial charge in [0.2, 0.25) is 0 Å². The monoisotopic (exact) mass is 255 g/mol. The second-order valence-electron chi connectivity index (χ2n) is 5.95. The molecule has 0 spiro atoms. The standard InChI is InChI=1S/C15H29NO2/c1-14(2)16(10-11-18-3)12-15(13-17)8-6-4-5-7-9-15/h13-14H,4-12H2,1-3H3. The van der Waals surface area contributed by atoms with Crippen molar-refractivity contribution >= 4 is 6.29 Å². The van der Waals surface area contributed by atoms with E-state index in [1.165, 1.54) is 32.0 Å². The molecular formula is C15H29NO2. The molecule has 1 saturated carbocycles. The van der Waals surface area contributed by atoms with Crippen LogP contribution in [0.4, 0.5) is 0 Å². The number of hydrogen-bond donors (Lipinski definition) is 0. The lowest BCUT2D eigenvalue weighted by Gasteiger charge is -2.36. The second kappa shape index (κ2) is 7.90. The number of carbonyl (C=O) groups is 1. The van der Waals surface area contributed by atoms with Crippen molar-refractivity contribution in [2.75, 3.05) is 26.8 Å². The summed E-state index contributed by atoms with van der Waals surface area (Å²) in [6.07, 6.45) is 8.34. The van der Waals surface area contributed by atoms with E-state index >= 15 is 0 Å². The van der Waals surface area contributed by atoms with Crippen LogP contribution in [0.5, 0.6) is 0 Å². The van der Waals surface area contributed by atoms with Crippen molar-refractivity contribution in [1.82, 2.24) is 4.90 Å². The van der Waals surface area contributed by atoms with Crippen LogP contribution in [0.2, 0.25) is 0 Å². The molecular weight excluding hydrogens is 226 g/mol. The van der Waals surface area contributed by atoms with Crippen LogP contribution in [0.3, 0.4) is 0 Å². The zero-order valence-corrected chi connectivity index (χ0v) is 12.3. The van der Waals surface area contributed by atoms with Gasteiger partial charge in [-0.1, -0.05) is 25.7 Å². The first kappa shape index (κ1) is 15.6. The molecule has 0 aromatic carbocycles. The van der Waals surface area contributed by atoms with E-state index in [-0.39, 0.29) is 5.41 Å². The third-order valence-corrected chi connectivity index (χ3v) is 4.18. The Labute approximate surface area is 112 Å². The Morgan fingerprint density at radius 1 is 1.22 bits per heavy atom. The molecule has 1 rings (SSSR count). The highest BCUT2D eigenvalue weighted by atomic mass is 16.5. The number of ether oxygens (including phenoxy) is 1.